The summed E-state index contributed by atoms with van der Waals surface area (Å²) in [6, 6.07) is 0. The first-order valence-corrected chi connectivity index (χ1v) is 5.57. The van der Waals surface area contributed by atoms with Crippen molar-refractivity contribution in [1.29, 1.82) is 0 Å². The maximum absolute atomic E-state index is 12.1. The number of carbonyl (C=O) groups excluding carboxylic acids is 1. The summed E-state index contributed by atoms with van der Waals surface area (Å²) in [4.78, 5) is 13.8. The lowest BCUT2D eigenvalue weighted by atomic mass is 9.89. The van der Waals surface area contributed by atoms with Gasteiger partial charge < -0.3 is 4.90 Å². The molecule has 0 aliphatic heterocycles. The molecule has 0 heterocycles. The van der Waals surface area contributed by atoms with E-state index < -0.39 is 0 Å². The van der Waals surface area contributed by atoms with Crippen LogP contribution in [-0.4, -0.2) is 24.9 Å². The summed E-state index contributed by atoms with van der Waals surface area (Å²) in [5.41, 5.74) is 6.84. The lowest BCUT2D eigenvalue weighted by molar-refractivity contribution is 0.0826. The van der Waals surface area contributed by atoms with E-state index in [1.807, 2.05) is 13.8 Å². The third-order valence-electron chi connectivity index (χ3n) is 3.62. The van der Waals surface area contributed by atoms with E-state index in [-0.39, 0.29) is 5.91 Å². The minimum absolute atomic E-state index is 0.0983. The molecule has 1 aromatic rings. The Balaban J connectivity index is 3.58. The van der Waals surface area contributed by atoms with Crippen molar-refractivity contribution in [2.45, 2.75) is 34.6 Å². The largest absolute Gasteiger partial charge is 0.345 e. The van der Waals surface area contributed by atoms with Crippen LogP contribution in [0.4, 0.5) is 0 Å². The van der Waals surface area contributed by atoms with Crippen molar-refractivity contribution >= 4 is 5.91 Å². The van der Waals surface area contributed by atoms with Gasteiger partial charge >= 0.3 is 0 Å². The van der Waals surface area contributed by atoms with Crippen LogP contribution >= 0.6 is 0 Å². The predicted molar refractivity (Wildman–Crippen MR) is 68.1 cm³/mol. The maximum atomic E-state index is 12.1. The van der Waals surface area contributed by atoms with Gasteiger partial charge in [-0.25, -0.2) is 0 Å². The maximum Gasteiger partial charge on any atom is 0.253 e. The number of hydrogen-bond donors (Lipinski definition) is 0. The van der Waals surface area contributed by atoms with Gasteiger partial charge in [0.2, 0.25) is 0 Å². The second kappa shape index (κ2) is 4.28. The highest BCUT2D eigenvalue weighted by atomic mass is 16.2. The van der Waals surface area contributed by atoms with Crippen molar-refractivity contribution in [1.82, 2.24) is 4.90 Å². The summed E-state index contributed by atoms with van der Waals surface area (Å²) in [5.74, 6) is 0.0983. The van der Waals surface area contributed by atoms with E-state index >= 15 is 0 Å². The highest BCUT2D eigenvalue weighted by Gasteiger charge is 2.18. The van der Waals surface area contributed by atoms with Gasteiger partial charge in [0.1, 0.15) is 0 Å². The molecule has 0 radical (unpaired) electrons. The monoisotopic (exact) mass is 219 g/mol. The Morgan fingerprint density at radius 2 is 1.06 bits per heavy atom. The summed E-state index contributed by atoms with van der Waals surface area (Å²) in [7, 11) is 3.59. The third kappa shape index (κ3) is 1.84. The molecule has 1 aromatic carbocycles. The van der Waals surface area contributed by atoms with Gasteiger partial charge in [-0.3, -0.25) is 4.79 Å². The molecule has 0 saturated heterocycles. The van der Waals surface area contributed by atoms with Gasteiger partial charge in [0.15, 0.2) is 0 Å². The fourth-order valence-electron chi connectivity index (χ4n) is 2.04. The number of hydrogen-bond acceptors (Lipinski definition) is 1. The molecule has 0 unspecified atom stereocenters. The van der Waals surface area contributed by atoms with Crippen molar-refractivity contribution in [3.63, 3.8) is 0 Å². The van der Waals surface area contributed by atoms with Gasteiger partial charge in [0, 0.05) is 19.7 Å². The van der Waals surface area contributed by atoms with Crippen molar-refractivity contribution in [3.05, 3.63) is 33.4 Å². The molecule has 1 rings (SSSR count). The normalized spacial score (nSPS) is 10.4. The SMILES string of the molecule is Cc1c(C)c(C)c(C(=O)N(C)C)c(C)c1C. The Kier molecular flexibility index (Phi) is 3.41. The van der Waals surface area contributed by atoms with Crippen LogP contribution in [0.1, 0.15) is 38.2 Å². The summed E-state index contributed by atoms with van der Waals surface area (Å²) >= 11 is 0. The highest BCUT2D eigenvalue weighted by molar-refractivity contribution is 5.97. The predicted octanol–water partition coefficient (Wildman–Crippen LogP) is 2.93. The minimum Gasteiger partial charge on any atom is -0.345 e. The molecule has 0 aliphatic carbocycles. The Hall–Kier alpha value is -1.31. The second-order valence-corrected chi connectivity index (χ2v) is 4.70. The van der Waals surface area contributed by atoms with E-state index in [2.05, 4.69) is 20.8 Å². The van der Waals surface area contributed by atoms with Crippen LogP contribution in [0.15, 0.2) is 0 Å². The number of nitrogens with zero attached hydrogens (tertiary/aromatic N) is 1. The first-order chi connectivity index (χ1) is 7.29. The molecular formula is C14H21NO. The van der Waals surface area contributed by atoms with Crippen LogP contribution < -0.4 is 0 Å². The summed E-state index contributed by atoms with van der Waals surface area (Å²) < 4.78 is 0. The van der Waals surface area contributed by atoms with Crippen molar-refractivity contribution in [3.8, 4) is 0 Å². The molecule has 0 saturated carbocycles. The van der Waals surface area contributed by atoms with E-state index in [9.17, 15) is 4.79 Å². The zero-order valence-corrected chi connectivity index (χ0v) is 11.4. The van der Waals surface area contributed by atoms with Crippen LogP contribution in [0, 0.1) is 34.6 Å². The molecule has 0 spiro atoms. The molecule has 0 aliphatic rings. The summed E-state index contributed by atoms with van der Waals surface area (Å²) in [5, 5.41) is 0. The zero-order chi connectivity index (χ0) is 12.6. The van der Waals surface area contributed by atoms with E-state index in [0.29, 0.717) is 0 Å². The quantitative estimate of drug-likeness (QED) is 0.711. The molecule has 88 valence electrons. The lowest BCUT2D eigenvalue weighted by Crippen LogP contribution is -2.24. The first-order valence-electron chi connectivity index (χ1n) is 5.57. The van der Waals surface area contributed by atoms with Crippen molar-refractivity contribution < 1.29 is 4.79 Å². The van der Waals surface area contributed by atoms with Crippen LogP contribution in [0.2, 0.25) is 0 Å². The molecule has 0 aromatic heterocycles. The molecule has 2 heteroatoms. The van der Waals surface area contributed by atoms with Crippen molar-refractivity contribution in [2.75, 3.05) is 14.1 Å². The summed E-state index contributed by atoms with van der Waals surface area (Å²) in [6.07, 6.45) is 0. The summed E-state index contributed by atoms with van der Waals surface area (Å²) in [6.45, 7) is 10.4. The standard InChI is InChI=1S/C14H21NO/c1-8-9(2)11(4)13(12(5)10(8)3)14(16)15(6)7/h1-7H3. The van der Waals surface area contributed by atoms with E-state index in [0.717, 1.165) is 16.7 Å². The van der Waals surface area contributed by atoms with Gasteiger partial charge in [-0.2, -0.15) is 0 Å². The molecule has 0 atom stereocenters. The van der Waals surface area contributed by atoms with Gasteiger partial charge in [-0.15, -0.1) is 0 Å². The molecular weight excluding hydrogens is 198 g/mol. The zero-order valence-electron chi connectivity index (χ0n) is 11.4. The smallest absolute Gasteiger partial charge is 0.253 e. The van der Waals surface area contributed by atoms with Gasteiger partial charge in [0.25, 0.3) is 5.91 Å². The number of benzene rings is 1. The van der Waals surface area contributed by atoms with Crippen LogP contribution in [0.5, 0.6) is 0 Å². The Morgan fingerprint density at radius 3 is 1.38 bits per heavy atom. The fourth-order valence-corrected chi connectivity index (χ4v) is 2.04. The average molecular weight is 219 g/mol. The topological polar surface area (TPSA) is 20.3 Å². The Labute approximate surface area is 98.3 Å². The average Bonchev–Trinajstić information content (AvgIpc) is 2.23. The minimum atomic E-state index is 0.0983. The number of amides is 1. The van der Waals surface area contributed by atoms with Crippen LogP contribution in [0.3, 0.4) is 0 Å². The molecule has 1 amide bonds. The molecule has 0 fully saturated rings. The van der Waals surface area contributed by atoms with E-state index in [1.165, 1.54) is 16.7 Å². The lowest BCUT2D eigenvalue weighted by Gasteiger charge is -2.20. The van der Waals surface area contributed by atoms with Crippen molar-refractivity contribution in [2.24, 2.45) is 0 Å². The van der Waals surface area contributed by atoms with Gasteiger partial charge in [-0.05, 0) is 62.4 Å². The Bertz CT molecular complexity index is 416. The molecule has 0 N–H and O–H groups in total. The van der Waals surface area contributed by atoms with E-state index in [4.69, 9.17) is 0 Å². The first kappa shape index (κ1) is 12.8. The Morgan fingerprint density at radius 1 is 0.750 bits per heavy atom. The fraction of sp³-hybridized carbons (Fsp3) is 0.500. The van der Waals surface area contributed by atoms with Gasteiger partial charge in [0.05, 0.1) is 0 Å². The number of rotatable bonds is 1. The van der Waals surface area contributed by atoms with Gasteiger partial charge in [-0.1, -0.05) is 0 Å². The molecule has 0 bridgehead atoms. The second-order valence-electron chi connectivity index (χ2n) is 4.70. The molecule has 2 nitrogen and oxygen atoms in total. The highest BCUT2D eigenvalue weighted by Crippen LogP contribution is 2.26. The molecule has 16 heavy (non-hydrogen) atoms. The third-order valence-corrected chi connectivity index (χ3v) is 3.62. The van der Waals surface area contributed by atoms with E-state index in [1.54, 1.807) is 19.0 Å². The van der Waals surface area contributed by atoms with Crippen LogP contribution in [0.25, 0.3) is 0 Å². The van der Waals surface area contributed by atoms with Crippen LogP contribution in [-0.2, 0) is 0 Å². The number of carbonyl (C=O) groups is 1.